The van der Waals surface area contributed by atoms with E-state index in [1.54, 1.807) is 6.26 Å². The molecule has 0 saturated heterocycles. The van der Waals surface area contributed by atoms with Gasteiger partial charge in [0, 0.05) is 18.7 Å². The predicted molar refractivity (Wildman–Crippen MR) is 122 cm³/mol. The van der Waals surface area contributed by atoms with Crippen LogP contribution in [0.1, 0.15) is 23.7 Å². The largest absolute Gasteiger partial charge is 0.444 e. The molecule has 3 N–H and O–H groups in total. The van der Waals surface area contributed by atoms with Gasteiger partial charge < -0.3 is 24.9 Å². The third-order valence-corrected chi connectivity index (χ3v) is 4.52. The van der Waals surface area contributed by atoms with E-state index in [1.807, 2.05) is 68.4 Å². The number of aryl methyl sites for hydroxylation is 1. The Balaban J connectivity index is 1.46. The number of aliphatic hydroxyl groups excluding tert-OH is 1. The lowest BCUT2D eigenvalue weighted by molar-refractivity contribution is 0.0308. The molecule has 3 aromatic rings. The lowest BCUT2D eigenvalue weighted by Gasteiger charge is -2.15. The van der Waals surface area contributed by atoms with Gasteiger partial charge in [0.1, 0.15) is 12.0 Å². The summed E-state index contributed by atoms with van der Waals surface area (Å²) in [4.78, 5) is 9.03. The van der Waals surface area contributed by atoms with Crippen molar-refractivity contribution in [3.8, 4) is 11.5 Å². The van der Waals surface area contributed by atoms with Crippen molar-refractivity contribution in [3.05, 3.63) is 77.7 Å². The second-order valence-corrected chi connectivity index (χ2v) is 7.24. The average Bonchev–Trinajstić information content (AvgIpc) is 3.26. The van der Waals surface area contributed by atoms with E-state index in [4.69, 9.17) is 9.15 Å². The molecule has 164 valence electrons. The zero-order valence-corrected chi connectivity index (χ0v) is 18.0. The van der Waals surface area contributed by atoms with Crippen LogP contribution < -0.4 is 10.6 Å². The lowest BCUT2D eigenvalue weighted by atomic mass is 10.1. The number of guanidine groups is 1. The number of aliphatic imine (C=N–C) groups is 1. The van der Waals surface area contributed by atoms with E-state index in [0.717, 1.165) is 16.8 Å². The predicted octanol–water partition coefficient (Wildman–Crippen LogP) is 3.28. The molecule has 0 amide bonds. The van der Waals surface area contributed by atoms with Gasteiger partial charge in [-0.15, -0.1) is 0 Å². The van der Waals surface area contributed by atoms with E-state index in [2.05, 4.69) is 20.6 Å². The number of ether oxygens (including phenoxy) is 1. The van der Waals surface area contributed by atoms with E-state index in [9.17, 15) is 5.11 Å². The Kier molecular flexibility index (Phi) is 8.63. The number of aliphatic hydroxyl groups is 1. The van der Waals surface area contributed by atoms with Gasteiger partial charge in [0.2, 0.25) is 5.89 Å². The third-order valence-electron chi connectivity index (χ3n) is 4.52. The molecule has 7 heteroatoms. The fraction of sp³-hybridized carbons (Fsp3) is 0.333. The first-order valence-corrected chi connectivity index (χ1v) is 10.5. The van der Waals surface area contributed by atoms with Gasteiger partial charge in [-0.3, -0.25) is 0 Å². The summed E-state index contributed by atoms with van der Waals surface area (Å²) in [5.41, 5.74) is 3.94. The molecule has 7 nitrogen and oxygen atoms in total. The van der Waals surface area contributed by atoms with Crippen LogP contribution in [0.25, 0.3) is 11.5 Å². The normalized spacial score (nSPS) is 12.5. The minimum Gasteiger partial charge on any atom is -0.444 e. The van der Waals surface area contributed by atoms with Gasteiger partial charge in [0.05, 0.1) is 25.9 Å². The van der Waals surface area contributed by atoms with Gasteiger partial charge in [-0.1, -0.05) is 48.0 Å². The summed E-state index contributed by atoms with van der Waals surface area (Å²) in [6, 6.07) is 17.9. The highest BCUT2D eigenvalue weighted by molar-refractivity contribution is 5.79. The number of oxazole rings is 1. The maximum Gasteiger partial charge on any atom is 0.226 e. The molecular formula is C24H30N4O3. The molecule has 0 aliphatic carbocycles. The summed E-state index contributed by atoms with van der Waals surface area (Å²) in [6.45, 7) is 6.15. The van der Waals surface area contributed by atoms with Crippen LogP contribution in [-0.2, 0) is 17.9 Å². The van der Waals surface area contributed by atoms with Crippen LogP contribution in [0.15, 0.2) is 70.3 Å². The molecule has 31 heavy (non-hydrogen) atoms. The van der Waals surface area contributed by atoms with Crippen LogP contribution in [-0.4, -0.2) is 41.9 Å². The first-order valence-electron chi connectivity index (χ1n) is 10.5. The molecule has 0 radical (unpaired) electrons. The minimum absolute atomic E-state index is 0.241. The van der Waals surface area contributed by atoms with Crippen molar-refractivity contribution >= 4 is 5.96 Å². The lowest BCUT2D eigenvalue weighted by Crippen LogP contribution is -2.42. The topological polar surface area (TPSA) is 91.9 Å². The number of nitrogens with one attached hydrogen (secondary N) is 2. The molecule has 1 heterocycles. The summed E-state index contributed by atoms with van der Waals surface area (Å²) in [7, 11) is 0. The third kappa shape index (κ3) is 7.55. The van der Waals surface area contributed by atoms with Crippen molar-refractivity contribution < 1.29 is 14.3 Å². The Morgan fingerprint density at radius 3 is 2.65 bits per heavy atom. The van der Waals surface area contributed by atoms with Gasteiger partial charge in [0.15, 0.2) is 5.96 Å². The van der Waals surface area contributed by atoms with Gasteiger partial charge >= 0.3 is 0 Å². The van der Waals surface area contributed by atoms with Crippen LogP contribution >= 0.6 is 0 Å². The van der Waals surface area contributed by atoms with E-state index in [0.29, 0.717) is 38.1 Å². The van der Waals surface area contributed by atoms with Crippen molar-refractivity contribution in [2.75, 3.05) is 19.7 Å². The first kappa shape index (κ1) is 22.5. The van der Waals surface area contributed by atoms with Crippen molar-refractivity contribution in [1.82, 2.24) is 15.6 Å². The molecule has 0 bridgehead atoms. The van der Waals surface area contributed by atoms with Crippen LogP contribution in [0, 0.1) is 6.92 Å². The van der Waals surface area contributed by atoms with Gasteiger partial charge in [-0.25, -0.2) is 9.98 Å². The zero-order chi connectivity index (χ0) is 21.9. The number of hydrogen-bond acceptors (Lipinski definition) is 5. The second kappa shape index (κ2) is 11.9. The minimum atomic E-state index is -0.646. The maximum atomic E-state index is 10.2. The van der Waals surface area contributed by atoms with E-state index in [1.165, 1.54) is 5.56 Å². The standard InChI is InChI=1S/C24H30N4O3/c1-3-25-24(27-14-22(29)17-30-15-19-7-5-4-6-8-19)26-13-21-16-31-23(28-21)20-11-9-18(2)10-12-20/h4-12,16,22,29H,3,13-15,17H2,1-2H3,(H2,25,26,27). The average molecular weight is 423 g/mol. The fourth-order valence-electron chi connectivity index (χ4n) is 2.87. The fourth-order valence-corrected chi connectivity index (χ4v) is 2.87. The first-order chi connectivity index (χ1) is 15.1. The molecule has 1 unspecified atom stereocenters. The Bertz CT molecular complexity index is 939. The number of benzene rings is 2. The van der Waals surface area contributed by atoms with Crippen LogP contribution in [0.4, 0.5) is 0 Å². The monoisotopic (exact) mass is 422 g/mol. The van der Waals surface area contributed by atoms with Crippen molar-refractivity contribution in [2.24, 2.45) is 4.99 Å². The van der Waals surface area contributed by atoms with Gasteiger partial charge in [0.25, 0.3) is 0 Å². The summed E-state index contributed by atoms with van der Waals surface area (Å²) in [6.07, 6.45) is 0.974. The number of nitrogens with zero attached hydrogens (tertiary/aromatic N) is 2. The van der Waals surface area contributed by atoms with Gasteiger partial charge in [-0.2, -0.15) is 0 Å². The molecule has 0 spiro atoms. The smallest absolute Gasteiger partial charge is 0.226 e. The summed E-state index contributed by atoms with van der Waals surface area (Å²) < 4.78 is 11.2. The molecule has 0 aliphatic rings. The SMILES string of the molecule is CCNC(=NCc1coc(-c2ccc(C)cc2)n1)NCC(O)COCc1ccccc1. The highest BCUT2D eigenvalue weighted by atomic mass is 16.5. The molecule has 1 aromatic heterocycles. The molecule has 0 aliphatic heterocycles. The summed E-state index contributed by atoms with van der Waals surface area (Å²) >= 11 is 0. The van der Waals surface area contributed by atoms with Crippen LogP contribution in [0.2, 0.25) is 0 Å². The second-order valence-electron chi connectivity index (χ2n) is 7.24. The van der Waals surface area contributed by atoms with Gasteiger partial charge in [-0.05, 0) is 31.5 Å². The Hall–Kier alpha value is -3.16. The molecule has 1 atom stereocenters. The van der Waals surface area contributed by atoms with Crippen LogP contribution in [0.5, 0.6) is 0 Å². The van der Waals surface area contributed by atoms with E-state index >= 15 is 0 Å². The highest BCUT2D eigenvalue weighted by Gasteiger charge is 2.09. The Morgan fingerprint density at radius 1 is 1.13 bits per heavy atom. The molecule has 2 aromatic carbocycles. The maximum absolute atomic E-state index is 10.2. The van der Waals surface area contributed by atoms with Crippen molar-refractivity contribution in [3.63, 3.8) is 0 Å². The summed E-state index contributed by atoms with van der Waals surface area (Å²) in [5.74, 6) is 1.18. The van der Waals surface area contributed by atoms with Crippen molar-refractivity contribution in [2.45, 2.75) is 33.1 Å². The number of aromatic nitrogens is 1. The number of hydrogen-bond donors (Lipinski definition) is 3. The summed E-state index contributed by atoms with van der Waals surface area (Å²) in [5, 5.41) is 16.5. The van der Waals surface area contributed by atoms with Crippen molar-refractivity contribution in [1.29, 1.82) is 0 Å². The molecule has 3 rings (SSSR count). The van der Waals surface area contributed by atoms with E-state index < -0.39 is 6.10 Å². The molecule has 0 saturated carbocycles. The quantitative estimate of drug-likeness (QED) is 0.343. The Morgan fingerprint density at radius 2 is 1.90 bits per heavy atom. The molecular weight excluding hydrogens is 392 g/mol. The zero-order valence-electron chi connectivity index (χ0n) is 18.0. The van der Waals surface area contributed by atoms with E-state index in [-0.39, 0.29) is 6.61 Å². The van der Waals surface area contributed by atoms with Crippen LogP contribution in [0.3, 0.4) is 0 Å². The Labute approximate surface area is 183 Å². The highest BCUT2D eigenvalue weighted by Crippen LogP contribution is 2.19. The number of rotatable bonds is 10. The molecule has 0 fully saturated rings.